The Morgan fingerprint density at radius 2 is 2.17 bits per heavy atom. The number of aromatic nitrogens is 2. The van der Waals surface area contributed by atoms with E-state index in [2.05, 4.69) is 11.2 Å². The second-order valence-corrected chi connectivity index (χ2v) is 3.53. The van der Waals surface area contributed by atoms with Crippen LogP contribution in [0.3, 0.4) is 0 Å². The third kappa shape index (κ3) is 1.33. The van der Waals surface area contributed by atoms with E-state index < -0.39 is 5.41 Å². The van der Waals surface area contributed by atoms with E-state index in [9.17, 15) is 0 Å². The predicted molar refractivity (Wildman–Crippen MR) is 46.6 cm³/mol. The fraction of sp³-hybridized carbons (Fsp3) is 0.556. The number of hydrogen-bond donors (Lipinski definition) is 0. The first-order valence-corrected chi connectivity index (χ1v) is 3.90. The highest BCUT2D eigenvalue weighted by atomic mass is 15.3. The van der Waals surface area contributed by atoms with Crippen molar-refractivity contribution in [3.8, 4) is 6.07 Å². The van der Waals surface area contributed by atoms with Gasteiger partial charge in [-0.2, -0.15) is 10.4 Å². The Morgan fingerprint density at radius 3 is 2.50 bits per heavy atom. The predicted octanol–water partition coefficient (Wildman–Crippen LogP) is 1.53. The van der Waals surface area contributed by atoms with Gasteiger partial charge in [0.25, 0.3) is 0 Å². The molecule has 0 unspecified atom stereocenters. The lowest BCUT2D eigenvalue weighted by Crippen LogP contribution is -2.18. The summed E-state index contributed by atoms with van der Waals surface area (Å²) in [5.74, 6) is 0. The Balaban J connectivity index is 3.21. The molecule has 0 aromatic carbocycles. The van der Waals surface area contributed by atoms with Gasteiger partial charge in [0.15, 0.2) is 0 Å². The van der Waals surface area contributed by atoms with Crippen LogP contribution in [0, 0.1) is 18.3 Å². The molecule has 0 bridgehead atoms. The van der Waals surface area contributed by atoms with Crippen molar-refractivity contribution < 1.29 is 0 Å². The molecule has 3 heteroatoms. The minimum Gasteiger partial charge on any atom is -0.271 e. The zero-order chi connectivity index (χ0) is 9.35. The Hall–Kier alpha value is -1.30. The van der Waals surface area contributed by atoms with E-state index in [1.807, 2.05) is 33.9 Å². The van der Waals surface area contributed by atoms with Crippen molar-refractivity contribution in [3.63, 3.8) is 0 Å². The Bertz CT molecular complexity index is 328. The van der Waals surface area contributed by atoms with E-state index in [-0.39, 0.29) is 0 Å². The van der Waals surface area contributed by atoms with Gasteiger partial charge in [0.1, 0.15) is 0 Å². The van der Waals surface area contributed by atoms with Gasteiger partial charge in [-0.15, -0.1) is 0 Å². The normalized spacial score (nSPS) is 11.2. The van der Waals surface area contributed by atoms with E-state index in [0.717, 1.165) is 11.4 Å². The van der Waals surface area contributed by atoms with Crippen molar-refractivity contribution in [2.24, 2.45) is 7.05 Å². The maximum Gasteiger partial charge on any atom is 0.0934 e. The second-order valence-electron chi connectivity index (χ2n) is 3.53. The number of rotatable bonds is 1. The van der Waals surface area contributed by atoms with Crippen molar-refractivity contribution >= 4 is 0 Å². The van der Waals surface area contributed by atoms with Crippen molar-refractivity contribution in [3.05, 3.63) is 17.5 Å². The first kappa shape index (κ1) is 8.79. The molecule has 0 aliphatic heterocycles. The second kappa shape index (κ2) is 2.63. The molecule has 1 aromatic heterocycles. The number of hydrogen-bond acceptors (Lipinski definition) is 2. The smallest absolute Gasteiger partial charge is 0.0934 e. The van der Waals surface area contributed by atoms with Crippen LogP contribution in [0.2, 0.25) is 0 Å². The van der Waals surface area contributed by atoms with Crippen LogP contribution in [0.5, 0.6) is 0 Å². The zero-order valence-electron chi connectivity index (χ0n) is 7.92. The van der Waals surface area contributed by atoms with E-state index in [4.69, 9.17) is 5.26 Å². The van der Waals surface area contributed by atoms with E-state index in [0.29, 0.717) is 0 Å². The van der Waals surface area contributed by atoms with Crippen LogP contribution in [0.15, 0.2) is 6.07 Å². The Morgan fingerprint density at radius 1 is 1.58 bits per heavy atom. The van der Waals surface area contributed by atoms with E-state index in [1.54, 1.807) is 4.68 Å². The van der Waals surface area contributed by atoms with E-state index >= 15 is 0 Å². The van der Waals surface area contributed by atoms with Crippen molar-refractivity contribution in [1.82, 2.24) is 9.78 Å². The topological polar surface area (TPSA) is 41.6 Å². The summed E-state index contributed by atoms with van der Waals surface area (Å²) >= 11 is 0. The van der Waals surface area contributed by atoms with Crippen LogP contribution < -0.4 is 0 Å². The average molecular weight is 163 g/mol. The highest BCUT2D eigenvalue weighted by molar-refractivity contribution is 5.25. The molecule has 0 aliphatic carbocycles. The van der Waals surface area contributed by atoms with Crippen molar-refractivity contribution in [2.75, 3.05) is 0 Å². The lowest BCUT2D eigenvalue weighted by atomic mass is 9.91. The Labute approximate surface area is 72.6 Å². The number of nitriles is 1. The summed E-state index contributed by atoms with van der Waals surface area (Å²) in [6.07, 6.45) is 0. The van der Waals surface area contributed by atoms with Gasteiger partial charge in [-0.1, -0.05) is 0 Å². The third-order valence-corrected chi connectivity index (χ3v) is 1.92. The highest BCUT2D eigenvalue weighted by Crippen LogP contribution is 2.21. The monoisotopic (exact) mass is 163 g/mol. The molecule has 1 rings (SSSR count). The molecule has 0 amide bonds. The van der Waals surface area contributed by atoms with Gasteiger partial charge in [0.2, 0.25) is 0 Å². The molecule has 0 spiro atoms. The molecule has 3 nitrogen and oxygen atoms in total. The van der Waals surface area contributed by atoms with Crippen LogP contribution >= 0.6 is 0 Å². The molecule has 1 aromatic rings. The van der Waals surface area contributed by atoms with Crippen LogP contribution in [0.1, 0.15) is 25.2 Å². The lowest BCUT2D eigenvalue weighted by Gasteiger charge is -2.14. The van der Waals surface area contributed by atoms with Gasteiger partial charge < -0.3 is 0 Å². The fourth-order valence-corrected chi connectivity index (χ4v) is 1.25. The standard InChI is InChI=1S/C9H13N3/c1-7-5-8(12(4)11-7)9(2,3)6-10/h5H,1-4H3. The molecule has 0 fully saturated rings. The van der Waals surface area contributed by atoms with Gasteiger partial charge in [0, 0.05) is 7.05 Å². The van der Waals surface area contributed by atoms with Gasteiger partial charge in [0.05, 0.1) is 22.9 Å². The minimum absolute atomic E-state index is 0.448. The first-order valence-electron chi connectivity index (χ1n) is 3.90. The zero-order valence-corrected chi connectivity index (χ0v) is 7.92. The van der Waals surface area contributed by atoms with E-state index in [1.165, 1.54) is 0 Å². The molecule has 0 aliphatic rings. The molecule has 0 N–H and O–H groups in total. The first-order chi connectivity index (χ1) is 5.47. The molecule has 64 valence electrons. The maximum atomic E-state index is 8.89. The molecule has 12 heavy (non-hydrogen) atoms. The summed E-state index contributed by atoms with van der Waals surface area (Å²) in [7, 11) is 1.86. The fourth-order valence-electron chi connectivity index (χ4n) is 1.25. The summed E-state index contributed by atoms with van der Waals surface area (Å²) in [5.41, 5.74) is 1.47. The summed E-state index contributed by atoms with van der Waals surface area (Å²) in [6.45, 7) is 5.71. The Kier molecular flexibility index (Phi) is 1.93. The molecular formula is C9H13N3. The van der Waals surface area contributed by atoms with Gasteiger partial charge >= 0.3 is 0 Å². The van der Waals surface area contributed by atoms with Crippen LogP contribution in [-0.4, -0.2) is 9.78 Å². The average Bonchev–Trinajstić information content (AvgIpc) is 2.31. The minimum atomic E-state index is -0.448. The van der Waals surface area contributed by atoms with Gasteiger partial charge in [-0.05, 0) is 26.8 Å². The SMILES string of the molecule is Cc1cc(C(C)(C)C#N)n(C)n1. The van der Waals surface area contributed by atoms with Crippen molar-refractivity contribution in [2.45, 2.75) is 26.2 Å². The number of aryl methyl sites for hydroxylation is 2. The van der Waals surface area contributed by atoms with Crippen LogP contribution in [0.25, 0.3) is 0 Å². The summed E-state index contributed by atoms with van der Waals surface area (Å²) in [4.78, 5) is 0. The molecular weight excluding hydrogens is 150 g/mol. The molecule has 0 saturated heterocycles. The summed E-state index contributed by atoms with van der Waals surface area (Å²) in [5, 5.41) is 13.1. The highest BCUT2D eigenvalue weighted by Gasteiger charge is 2.23. The molecule has 0 atom stereocenters. The van der Waals surface area contributed by atoms with Crippen LogP contribution in [0.4, 0.5) is 0 Å². The molecule has 0 saturated carbocycles. The van der Waals surface area contributed by atoms with Gasteiger partial charge in [-0.3, -0.25) is 4.68 Å². The number of nitrogens with zero attached hydrogens (tertiary/aromatic N) is 3. The largest absolute Gasteiger partial charge is 0.271 e. The summed E-state index contributed by atoms with van der Waals surface area (Å²) in [6, 6.07) is 4.20. The third-order valence-electron chi connectivity index (χ3n) is 1.92. The maximum absolute atomic E-state index is 8.89. The summed E-state index contributed by atoms with van der Waals surface area (Å²) < 4.78 is 1.76. The lowest BCUT2D eigenvalue weighted by molar-refractivity contribution is 0.586. The van der Waals surface area contributed by atoms with Gasteiger partial charge in [-0.25, -0.2) is 0 Å². The molecule has 0 radical (unpaired) electrons. The quantitative estimate of drug-likeness (QED) is 0.630. The van der Waals surface area contributed by atoms with Crippen LogP contribution in [-0.2, 0) is 12.5 Å². The molecule has 1 heterocycles. The van der Waals surface area contributed by atoms with Crippen molar-refractivity contribution in [1.29, 1.82) is 5.26 Å².